The van der Waals surface area contributed by atoms with Gasteiger partial charge in [0.1, 0.15) is 0 Å². The maximum atomic E-state index is 5.96. The van der Waals surface area contributed by atoms with Crippen LogP contribution in [0.2, 0.25) is 0 Å². The number of pyridine rings is 1. The van der Waals surface area contributed by atoms with Crippen molar-refractivity contribution in [3.63, 3.8) is 0 Å². The van der Waals surface area contributed by atoms with Gasteiger partial charge in [-0.1, -0.05) is 19.9 Å². The molecule has 0 aliphatic rings. The Labute approximate surface area is 95.5 Å². The number of aromatic nitrogens is 1. The van der Waals surface area contributed by atoms with Crippen LogP contribution in [0.4, 0.5) is 11.4 Å². The highest BCUT2D eigenvalue weighted by molar-refractivity contribution is 5.95. The van der Waals surface area contributed by atoms with Crippen LogP contribution in [0.1, 0.15) is 31.7 Å². The highest BCUT2D eigenvalue weighted by Gasteiger charge is 2.07. The molecule has 1 aromatic carbocycles. The Hall–Kier alpha value is -1.77. The van der Waals surface area contributed by atoms with Crippen molar-refractivity contribution in [1.29, 1.82) is 0 Å². The van der Waals surface area contributed by atoms with Crippen molar-refractivity contribution >= 4 is 22.3 Å². The first-order chi connectivity index (χ1) is 7.63. The normalized spacial score (nSPS) is 12.9. The SMILES string of the molecule is CC[C@H](C)c1ccc2ncc(N)c(N)c2c1. The molecule has 0 fully saturated rings. The Morgan fingerprint density at radius 1 is 1.31 bits per heavy atom. The highest BCUT2D eigenvalue weighted by Crippen LogP contribution is 2.28. The molecule has 3 nitrogen and oxygen atoms in total. The fourth-order valence-corrected chi connectivity index (χ4v) is 1.79. The molecule has 2 rings (SSSR count). The minimum Gasteiger partial charge on any atom is -0.396 e. The third-order valence-electron chi connectivity index (χ3n) is 3.15. The lowest BCUT2D eigenvalue weighted by molar-refractivity contribution is 0.734. The lowest BCUT2D eigenvalue weighted by atomic mass is 9.96. The van der Waals surface area contributed by atoms with E-state index in [1.807, 2.05) is 6.07 Å². The molecule has 3 heteroatoms. The predicted octanol–water partition coefficient (Wildman–Crippen LogP) is 2.91. The zero-order valence-electron chi connectivity index (χ0n) is 9.70. The fraction of sp³-hybridized carbons (Fsp3) is 0.308. The minimum absolute atomic E-state index is 0.533. The van der Waals surface area contributed by atoms with Crippen LogP contribution in [0.25, 0.3) is 10.9 Å². The average molecular weight is 215 g/mol. The van der Waals surface area contributed by atoms with Crippen molar-refractivity contribution in [2.24, 2.45) is 0 Å². The van der Waals surface area contributed by atoms with Crippen LogP contribution in [-0.4, -0.2) is 4.98 Å². The number of fused-ring (bicyclic) bond motifs is 1. The lowest BCUT2D eigenvalue weighted by Crippen LogP contribution is -1.98. The molecule has 1 heterocycles. The molecule has 0 radical (unpaired) electrons. The maximum absolute atomic E-state index is 5.96. The van der Waals surface area contributed by atoms with Crippen LogP contribution >= 0.6 is 0 Å². The number of anilines is 2. The molecule has 0 aliphatic heterocycles. The summed E-state index contributed by atoms with van der Waals surface area (Å²) < 4.78 is 0. The van der Waals surface area contributed by atoms with Crippen molar-refractivity contribution < 1.29 is 0 Å². The molecule has 16 heavy (non-hydrogen) atoms. The molecule has 0 spiro atoms. The molecule has 0 aliphatic carbocycles. The Balaban J connectivity index is 2.64. The first kappa shape index (κ1) is 10.7. The van der Waals surface area contributed by atoms with E-state index in [9.17, 15) is 0 Å². The number of rotatable bonds is 2. The van der Waals surface area contributed by atoms with Gasteiger partial charge in [-0.3, -0.25) is 4.98 Å². The number of nitrogens with two attached hydrogens (primary N) is 2. The quantitative estimate of drug-likeness (QED) is 0.809. The Bertz CT molecular complexity index is 520. The Kier molecular flexibility index (Phi) is 2.69. The Morgan fingerprint density at radius 2 is 2.06 bits per heavy atom. The van der Waals surface area contributed by atoms with E-state index in [2.05, 4.69) is 31.0 Å². The zero-order valence-corrected chi connectivity index (χ0v) is 9.70. The van der Waals surface area contributed by atoms with E-state index < -0.39 is 0 Å². The van der Waals surface area contributed by atoms with E-state index >= 15 is 0 Å². The smallest absolute Gasteiger partial charge is 0.0740 e. The van der Waals surface area contributed by atoms with E-state index in [0.717, 1.165) is 17.3 Å². The number of benzene rings is 1. The minimum atomic E-state index is 0.533. The molecule has 0 bridgehead atoms. The second kappa shape index (κ2) is 4.00. The van der Waals surface area contributed by atoms with Gasteiger partial charge >= 0.3 is 0 Å². The van der Waals surface area contributed by atoms with E-state index in [-0.39, 0.29) is 0 Å². The van der Waals surface area contributed by atoms with Gasteiger partial charge in [-0.25, -0.2) is 0 Å². The number of nitrogens with zero attached hydrogens (tertiary/aromatic N) is 1. The molecule has 0 unspecified atom stereocenters. The van der Waals surface area contributed by atoms with Gasteiger partial charge in [0.2, 0.25) is 0 Å². The highest BCUT2D eigenvalue weighted by atomic mass is 14.8. The number of nitrogen functional groups attached to an aromatic ring is 2. The molecule has 0 amide bonds. The van der Waals surface area contributed by atoms with Crippen LogP contribution in [-0.2, 0) is 0 Å². The summed E-state index contributed by atoms with van der Waals surface area (Å²) in [6.07, 6.45) is 2.72. The summed E-state index contributed by atoms with van der Waals surface area (Å²) in [4.78, 5) is 4.26. The first-order valence-electron chi connectivity index (χ1n) is 5.57. The van der Waals surface area contributed by atoms with Gasteiger partial charge in [0.15, 0.2) is 0 Å². The second-order valence-electron chi connectivity index (χ2n) is 4.21. The summed E-state index contributed by atoms with van der Waals surface area (Å²) >= 11 is 0. The van der Waals surface area contributed by atoms with Crippen molar-refractivity contribution in [2.45, 2.75) is 26.2 Å². The van der Waals surface area contributed by atoms with Gasteiger partial charge in [0.25, 0.3) is 0 Å². The second-order valence-corrected chi connectivity index (χ2v) is 4.21. The standard InChI is InChI=1S/C13H17N3/c1-3-8(2)9-4-5-12-10(6-9)13(15)11(14)7-16-12/h4-8H,3,14H2,1-2H3,(H2,15,16)/t8-/m0/s1. The predicted molar refractivity (Wildman–Crippen MR) is 69.3 cm³/mol. The van der Waals surface area contributed by atoms with Gasteiger partial charge in [-0.15, -0.1) is 0 Å². The largest absolute Gasteiger partial charge is 0.396 e. The van der Waals surface area contributed by atoms with E-state index in [0.29, 0.717) is 17.3 Å². The molecule has 2 aromatic rings. The van der Waals surface area contributed by atoms with Crippen LogP contribution in [0.15, 0.2) is 24.4 Å². The van der Waals surface area contributed by atoms with Gasteiger partial charge in [0, 0.05) is 5.39 Å². The monoisotopic (exact) mass is 215 g/mol. The summed E-state index contributed by atoms with van der Waals surface area (Å²) in [5.41, 5.74) is 15.1. The van der Waals surface area contributed by atoms with Gasteiger partial charge in [0.05, 0.1) is 23.1 Å². The van der Waals surface area contributed by atoms with Crippen LogP contribution in [0.3, 0.4) is 0 Å². The number of hydrogen-bond acceptors (Lipinski definition) is 3. The van der Waals surface area contributed by atoms with Crippen LogP contribution in [0, 0.1) is 0 Å². The lowest BCUT2D eigenvalue weighted by Gasteiger charge is -2.11. The summed E-state index contributed by atoms with van der Waals surface area (Å²) in [6.45, 7) is 4.38. The van der Waals surface area contributed by atoms with Crippen molar-refractivity contribution in [2.75, 3.05) is 11.5 Å². The molecule has 4 N–H and O–H groups in total. The summed E-state index contributed by atoms with van der Waals surface area (Å²) in [6, 6.07) is 6.22. The van der Waals surface area contributed by atoms with E-state index in [4.69, 9.17) is 11.5 Å². The topological polar surface area (TPSA) is 64.9 Å². The van der Waals surface area contributed by atoms with Crippen LogP contribution in [0.5, 0.6) is 0 Å². The first-order valence-corrected chi connectivity index (χ1v) is 5.57. The molecular formula is C13H17N3. The Morgan fingerprint density at radius 3 is 2.75 bits per heavy atom. The van der Waals surface area contributed by atoms with Gasteiger partial charge in [-0.05, 0) is 30.0 Å². The van der Waals surface area contributed by atoms with Crippen molar-refractivity contribution in [1.82, 2.24) is 4.98 Å². The number of hydrogen-bond donors (Lipinski definition) is 2. The molecule has 0 saturated heterocycles. The summed E-state index contributed by atoms with van der Waals surface area (Å²) in [7, 11) is 0. The molecule has 0 saturated carbocycles. The maximum Gasteiger partial charge on any atom is 0.0740 e. The fourth-order valence-electron chi connectivity index (χ4n) is 1.79. The van der Waals surface area contributed by atoms with Gasteiger partial charge in [-0.2, -0.15) is 0 Å². The summed E-state index contributed by atoms with van der Waals surface area (Å²) in [5.74, 6) is 0.533. The third kappa shape index (κ3) is 1.69. The van der Waals surface area contributed by atoms with Gasteiger partial charge < -0.3 is 11.5 Å². The zero-order chi connectivity index (χ0) is 11.7. The van der Waals surface area contributed by atoms with E-state index in [1.165, 1.54) is 5.56 Å². The average Bonchev–Trinajstić information content (AvgIpc) is 2.32. The summed E-state index contributed by atoms with van der Waals surface area (Å²) in [5, 5.41) is 0.956. The molecule has 1 atom stereocenters. The van der Waals surface area contributed by atoms with Crippen molar-refractivity contribution in [3.05, 3.63) is 30.0 Å². The van der Waals surface area contributed by atoms with Crippen LogP contribution < -0.4 is 11.5 Å². The molecular weight excluding hydrogens is 198 g/mol. The molecule has 84 valence electrons. The third-order valence-corrected chi connectivity index (χ3v) is 3.15. The molecule has 1 aromatic heterocycles. The van der Waals surface area contributed by atoms with Crippen molar-refractivity contribution in [3.8, 4) is 0 Å². The van der Waals surface area contributed by atoms with E-state index in [1.54, 1.807) is 6.20 Å².